The zero-order valence-electron chi connectivity index (χ0n) is 21.0. The molecule has 2 atom stereocenters. The molecule has 0 aliphatic heterocycles. The van der Waals surface area contributed by atoms with E-state index in [1.165, 1.54) is 16.9 Å². The number of nitrogens with one attached hydrogen (secondary N) is 2. The van der Waals surface area contributed by atoms with Crippen molar-refractivity contribution in [3.05, 3.63) is 95.1 Å². The number of ether oxygens (including phenoxy) is 1. The molecule has 1 saturated carbocycles. The summed E-state index contributed by atoms with van der Waals surface area (Å²) in [5, 5.41) is 6.38. The summed E-state index contributed by atoms with van der Waals surface area (Å²) in [4.78, 5) is 26.5. The van der Waals surface area contributed by atoms with Gasteiger partial charge in [-0.2, -0.15) is 0 Å². The van der Waals surface area contributed by atoms with E-state index in [0.29, 0.717) is 41.5 Å². The number of anilines is 2. The van der Waals surface area contributed by atoms with Crippen LogP contribution in [0.15, 0.2) is 72.8 Å². The van der Waals surface area contributed by atoms with Crippen LogP contribution in [0, 0.1) is 0 Å². The molecule has 1 fully saturated rings. The molecule has 7 nitrogen and oxygen atoms in total. The molecule has 0 radical (unpaired) electrons. The number of benzene rings is 3. The number of carbonyl (C=O) groups excluding carboxylic acids is 2. The monoisotopic (exact) mass is 486 g/mol. The van der Waals surface area contributed by atoms with E-state index < -0.39 is 6.09 Å². The molecule has 2 amide bonds. The highest BCUT2D eigenvalue weighted by atomic mass is 16.6. The lowest BCUT2D eigenvalue weighted by Crippen LogP contribution is -2.27. The van der Waals surface area contributed by atoms with Crippen LogP contribution in [0.1, 0.15) is 53.2 Å². The Morgan fingerprint density at radius 3 is 2.33 bits per heavy atom. The number of para-hydroxylation sites is 2. The van der Waals surface area contributed by atoms with Crippen LogP contribution in [-0.2, 0) is 17.9 Å². The van der Waals surface area contributed by atoms with Gasteiger partial charge in [-0.3, -0.25) is 4.79 Å². The zero-order chi connectivity index (χ0) is 25.7. The lowest BCUT2D eigenvalue weighted by molar-refractivity contribution is 0.101. The van der Waals surface area contributed by atoms with E-state index in [0.717, 1.165) is 11.1 Å². The van der Waals surface area contributed by atoms with E-state index in [-0.39, 0.29) is 12.5 Å². The van der Waals surface area contributed by atoms with Crippen LogP contribution >= 0.6 is 0 Å². The Morgan fingerprint density at radius 1 is 1.00 bits per heavy atom. The fraction of sp³-hybridized carbons (Fsp3) is 0.310. The average Bonchev–Trinajstić information content (AvgIpc) is 3.63. The summed E-state index contributed by atoms with van der Waals surface area (Å²) in [5.74, 6) is 0.329. The predicted octanol–water partition coefficient (Wildman–Crippen LogP) is 5.14. The summed E-state index contributed by atoms with van der Waals surface area (Å²) < 4.78 is 5.49. The molecule has 0 saturated heterocycles. The van der Waals surface area contributed by atoms with Gasteiger partial charge in [0.25, 0.3) is 5.91 Å². The van der Waals surface area contributed by atoms with Gasteiger partial charge in [-0.05, 0) is 47.4 Å². The van der Waals surface area contributed by atoms with Crippen molar-refractivity contribution >= 4 is 23.4 Å². The maximum atomic E-state index is 12.5. The molecule has 0 bridgehead atoms. The van der Waals surface area contributed by atoms with Crippen LogP contribution in [-0.4, -0.2) is 36.0 Å². The molecule has 1 aliphatic carbocycles. The van der Waals surface area contributed by atoms with Gasteiger partial charge in [0.1, 0.15) is 6.61 Å². The maximum Gasteiger partial charge on any atom is 0.410 e. The van der Waals surface area contributed by atoms with Gasteiger partial charge in [0.2, 0.25) is 0 Å². The number of carbonyl (C=O) groups is 2. The summed E-state index contributed by atoms with van der Waals surface area (Å²) >= 11 is 0. The number of amides is 2. The molecule has 2 unspecified atom stereocenters. The molecule has 7 heteroatoms. The number of nitrogens with two attached hydrogens (primary N) is 1. The Hall–Kier alpha value is -3.84. The lowest BCUT2D eigenvalue weighted by atomic mass is 10.1. The van der Waals surface area contributed by atoms with E-state index in [1.54, 1.807) is 31.3 Å². The second-order valence-corrected chi connectivity index (χ2v) is 9.66. The molecule has 0 spiro atoms. The molecule has 0 heterocycles. The number of nitrogen functional groups attached to an aromatic ring is 1. The Kier molecular flexibility index (Phi) is 7.90. The van der Waals surface area contributed by atoms with Crippen molar-refractivity contribution < 1.29 is 14.3 Å². The Bertz CT molecular complexity index is 1190. The first-order chi connectivity index (χ1) is 17.3. The zero-order valence-corrected chi connectivity index (χ0v) is 21.0. The van der Waals surface area contributed by atoms with Crippen molar-refractivity contribution in [1.29, 1.82) is 0 Å². The number of hydrogen-bond acceptors (Lipinski definition) is 5. The van der Waals surface area contributed by atoms with Crippen molar-refractivity contribution in [3.8, 4) is 0 Å². The molecule has 4 rings (SSSR count). The van der Waals surface area contributed by atoms with Gasteiger partial charge >= 0.3 is 6.09 Å². The first-order valence-corrected chi connectivity index (χ1v) is 12.3. The normalized spacial score (nSPS) is 16.4. The fourth-order valence-electron chi connectivity index (χ4n) is 4.20. The Labute approximate surface area is 212 Å². The van der Waals surface area contributed by atoms with Gasteiger partial charge < -0.3 is 26.0 Å². The van der Waals surface area contributed by atoms with Crippen LogP contribution < -0.4 is 16.4 Å². The number of hydrogen-bond donors (Lipinski definition) is 3. The highest BCUT2D eigenvalue weighted by Crippen LogP contribution is 2.41. The highest BCUT2D eigenvalue weighted by Gasteiger charge is 2.38. The number of nitrogens with zero attached hydrogens (tertiary/aromatic N) is 1. The van der Waals surface area contributed by atoms with Gasteiger partial charge in [-0.1, -0.05) is 62.4 Å². The van der Waals surface area contributed by atoms with Crippen LogP contribution in [0.5, 0.6) is 0 Å². The van der Waals surface area contributed by atoms with Gasteiger partial charge in [-0.15, -0.1) is 0 Å². The predicted molar refractivity (Wildman–Crippen MR) is 143 cm³/mol. The molecule has 188 valence electrons. The van der Waals surface area contributed by atoms with Gasteiger partial charge in [-0.25, -0.2) is 4.79 Å². The van der Waals surface area contributed by atoms with Crippen LogP contribution in [0.2, 0.25) is 0 Å². The minimum Gasteiger partial charge on any atom is -0.445 e. The van der Waals surface area contributed by atoms with E-state index in [9.17, 15) is 9.59 Å². The smallest absolute Gasteiger partial charge is 0.410 e. The molecule has 4 N–H and O–H groups in total. The van der Waals surface area contributed by atoms with Crippen molar-refractivity contribution in [2.75, 3.05) is 18.1 Å². The molecular formula is C29H34N4O3. The van der Waals surface area contributed by atoms with Gasteiger partial charge in [0.15, 0.2) is 0 Å². The summed E-state index contributed by atoms with van der Waals surface area (Å²) in [5.41, 5.74) is 10.7. The van der Waals surface area contributed by atoms with Crippen molar-refractivity contribution in [1.82, 2.24) is 10.2 Å². The summed E-state index contributed by atoms with van der Waals surface area (Å²) in [7, 11) is 1.69. The van der Waals surface area contributed by atoms with Gasteiger partial charge in [0.05, 0.1) is 11.4 Å². The summed E-state index contributed by atoms with van der Waals surface area (Å²) in [6, 6.07) is 23.6. The second-order valence-electron chi connectivity index (χ2n) is 9.66. The SMILES string of the molecule is CC(C)NC1CC1c1ccc(COC(=O)N(C)Cc2ccc(C(=O)Nc3ccccc3N)cc2)cc1. The largest absolute Gasteiger partial charge is 0.445 e. The second kappa shape index (κ2) is 11.3. The maximum absolute atomic E-state index is 12.5. The molecule has 36 heavy (non-hydrogen) atoms. The van der Waals surface area contributed by atoms with Crippen molar-refractivity contribution in [2.45, 2.75) is 51.4 Å². The summed E-state index contributed by atoms with van der Waals surface area (Å²) in [6.07, 6.45) is 0.772. The fourth-order valence-corrected chi connectivity index (χ4v) is 4.20. The Morgan fingerprint density at radius 2 is 1.67 bits per heavy atom. The van der Waals surface area contributed by atoms with Crippen LogP contribution in [0.3, 0.4) is 0 Å². The molecule has 3 aromatic rings. The van der Waals surface area contributed by atoms with Crippen LogP contribution in [0.4, 0.5) is 16.2 Å². The van der Waals surface area contributed by atoms with Crippen LogP contribution in [0.25, 0.3) is 0 Å². The molecule has 0 aromatic heterocycles. The van der Waals surface area contributed by atoms with Crippen molar-refractivity contribution in [3.63, 3.8) is 0 Å². The van der Waals surface area contributed by atoms with Crippen molar-refractivity contribution in [2.24, 2.45) is 0 Å². The third kappa shape index (κ3) is 6.64. The molecule has 1 aliphatic rings. The first kappa shape index (κ1) is 25.3. The Balaban J connectivity index is 1.23. The summed E-state index contributed by atoms with van der Waals surface area (Å²) in [6.45, 7) is 4.93. The molecular weight excluding hydrogens is 452 g/mol. The lowest BCUT2D eigenvalue weighted by Gasteiger charge is -2.17. The third-order valence-corrected chi connectivity index (χ3v) is 6.26. The third-order valence-electron chi connectivity index (χ3n) is 6.26. The molecule has 3 aromatic carbocycles. The quantitative estimate of drug-likeness (QED) is 0.364. The minimum atomic E-state index is -0.399. The number of rotatable bonds is 9. The van der Waals surface area contributed by atoms with E-state index in [2.05, 4.69) is 36.6 Å². The van der Waals surface area contributed by atoms with E-state index in [4.69, 9.17) is 10.5 Å². The highest BCUT2D eigenvalue weighted by molar-refractivity contribution is 6.05. The minimum absolute atomic E-state index is 0.226. The topological polar surface area (TPSA) is 96.7 Å². The van der Waals surface area contributed by atoms with E-state index >= 15 is 0 Å². The van der Waals surface area contributed by atoms with Gasteiger partial charge in [0, 0.05) is 37.2 Å². The average molecular weight is 487 g/mol. The van der Waals surface area contributed by atoms with E-state index in [1.807, 2.05) is 36.4 Å². The standard InChI is InChI=1S/C29H34N4O3/c1-19(2)31-27-16-24(27)22-12-10-21(11-13-22)18-36-29(35)33(3)17-20-8-14-23(15-9-20)28(34)32-26-7-5-4-6-25(26)30/h4-15,19,24,27,31H,16-18,30H2,1-3H3,(H,32,34). The first-order valence-electron chi connectivity index (χ1n) is 12.3.